The van der Waals surface area contributed by atoms with E-state index in [4.69, 9.17) is 5.11 Å². The molecule has 1 aromatic rings. The van der Waals surface area contributed by atoms with E-state index < -0.39 is 17.7 Å². The lowest BCUT2D eigenvalue weighted by Gasteiger charge is -2.09. The van der Waals surface area contributed by atoms with Crippen molar-refractivity contribution in [3.05, 3.63) is 40.7 Å². The molecule has 0 aliphatic heterocycles. The highest BCUT2D eigenvalue weighted by molar-refractivity contribution is 6.08. The monoisotopic (exact) mass is 279 g/mol. The Labute approximate surface area is 115 Å². The molecule has 2 N–H and O–H groups in total. The van der Waals surface area contributed by atoms with E-state index in [1.165, 1.54) is 32.9 Å². The van der Waals surface area contributed by atoms with Gasteiger partial charge in [0.15, 0.2) is 5.78 Å². The van der Waals surface area contributed by atoms with E-state index >= 15 is 0 Å². The van der Waals surface area contributed by atoms with Gasteiger partial charge in [0.05, 0.1) is 5.69 Å². The highest BCUT2D eigenvalue weighted by atomic mass is 19.1. The zero-order chi connectivity index (χ0) is 15.4. The van der Waals surface area contributed by atoms with E-state index in [2.05, 4.69) is 5.32 Å². The summed E-state index contributed by atoms with van der Waals surface area (Å²) in [6, 6.07) is 3.58. The third kappa shape index (κ3) is 3.50. The average molecular weight is 279 g/mol. The fourth-order valence-corrected chi connectivity index (χ4v) is 1.39. The van der Waals surface area contributed by atoms with Gasteiger partial charge >= 0.3 is 5.97 Å². The molecular formula is C14H14FNO4. The molecule has 5 nitrogen and oxygen atoms in total. The van der Waals surface area contributed by atoms with Crippen molar-refractivity contribution in [3.8, 4) is 0 Å². The smallest absolute Gasteiger partial charge is 0.331 e. The number of benzene rings is 1. The number of amides is 1. The molecule has 0 saturated carbocycles. The lowest BCUT2D eigenvalue weighted by molar-refractivity contribution is -0.133. The molecule has 0 atom stereocenters. The number of ketones is 1. The molecule has 0 bridgehead atoms. The Morgan fingerprint density at radius 2 is 1.70 bits per heavy atom. The van der Waals surface area contributed by atoms with E-state index in [0.29, 0.717) is 0 Å². The van der Waals surface area contributed by atoms with Gasteiger partial charge in [-0.3, -0.25) is 9.59 Å². The molecule has 1 aromatic carbocycles. The van der Waals surface area contributed by atoms with E-state index in [0.717, 1.165) is 6.07 Å². The van der Waals surface area contributed by atoms with Crippen molar-refractivity contribution in [2.75, 3.05) is 5.32 Å². The highest BCUT2D eigenvalue weighted by Gasteiger charge is 2.15. The van der Waals surface area contributed by atoms with E-state index in [9.17, 15) is 18.8 Å². The van der Waals surface area contributed by atoms with Gasteiger partial charge in [0.25, 0.3) is 5.91 Å². The number of carbonyl (C=O) groups is 3. The summed E-state index contributed by atoms with van der Waals surface area (Å²) in [4.78, 5) is 33.8. The first-order valence-corrected chi connectivity index (χ1v) is 5.76. The van der Waals surface area contributed by atoms with Crippen molar-refractivity contribution in [2.24, 2.45) is 0 Å². The van der Waals surface area contributed by atoms with Crippen LogP contribution in [0.5, 0.6) is 0 Å². The number of carboxylic acids is 1. The van der Waals surface area contributed by atoms with Crippen LogP contribution in [0.2, 0.25) is 0 Å². The maximum absolute atomic E-state index is 13.6. The molecule has 0 aliphatic rings. The molecule has 0 unspecified atom stereocenters. The average Bonchev–Trinajstić information content (AvgIpc) is 2.38. The zero-order valence-corrected chi connectivity index (χ0v) is 11.3. The molecule has 6 heteroatoms. The standard InChI is InChI=1S/C14H14FNO4/c1-7(8(2)14(19)20)13(18)16-12-6-10(9(3)17)4-5-11(12)15/h4-6H,1-3H3,(H,16,18)(H,19,20). The summed E-state index contributed by atoms with van der Waals surface area (Å²) in [6.45, 7) is 3.92. The van der Waals surface area contributed by atoms with Crippen LogP contribution < -0.4 is 5.32 Å². The number of rotatable bonds is 4. The van der Waals surface area contributed by atoms with Crippen LogP contribution in [0.1, 0.15) is 31.1 Å². The summed E-state index contributed by atoms with van der Waals surface area (Å²) in [5.41, 5.74) is -0.0886. The second-order valence-electron chi connectivity index (χ2n) is 4.26. The molecule has 0 fully saturated rings. The van der Waals surface area contributed by atoms with Gasteiger partial charge < -0.3 is 10.4 Å². The first kappa shape index (κ1) is 15.6. The second kappa shape index (κ2) is 6.10. The Kier molecular flexibility index (Phi) is 4.74. The molecule has 0 spiro atoms. The summed E-state index contributed by atoms with van der Waals surface area (Å²) < 4.78 is 13.6. The van der Waals surface area contributed by atoms with E-state index in [1.807, 2.05) is 0 Å². The van der Waals surface area contributed by atoms with Gasteiger partial charge in [0.2, 0.25) is 0 Å². The Hall–Kier alpha value is -2.50. The molecule has 1 rings (SSSR count). The Bertz CT molecular complexity index is 620. The molecule has 0 radical (unpaired) electrons. The summed E-state index contributed by atoms with van der Waals surface area (Å²) in [7, 11) is 0. The molecular weight excluding hydrogens is 265 g/mol. The lowest BCUT2D eigenvalue weighted by atomic mass is 10.1. The van der Waals surface area contributed by atoms with Crippen molar-refractivity contribution in [2.45, 2.75) is 20.8 Å². The first-order chi connectivity index (χ1) is 9.23. The van der Waals surface area contributed by atoms with Gasteiger partial charge in [0.1, 0.15) is 5.82 Å². The summed E-state index contributed by atoms with van der Waals surface area (Å²) >= 11 is 0. The largest absolute Gasteiger partial charge is 0.478 e. The number of Topliss-reactive ketones (excluding diaryl/α,β-unsaturated/α-hetero) is 1. The van der Waals surface area contributed by atoms with Crippen molar-refractivity contribution in [1.29, 1.82) is 0 Å². The van der Waals surface area contributed by atoms with Gasteiger partial charge in [0, 0.05) is 16.7 Å². The first-order valence-electron chi connectivity index (χ1n) is 5.76. The SMILES string of the molecule is CC(=O)c1ccc(F)c(NC(=O)C(C)=C(C)C(=O)O)c1. The predicted octanol–water partition coefficient (Wildman–Crippen LogP) is 2.39. The Morgan fingerprint density at radius 1 is 1.10 bits per heavy atom. The third-order valence-electron chi connectivity index (χ3n) is 2.84. The number of anilines is 1. The fourth-order valence-electron chi connectivity index (χ4n) is 1.39. The highest BCUT2D eigenvalue weighted by Crippen LogP contribution is 2.18. The number of halogens is 1. The third-order valence-corrected chi connectivity index (χ3v) is 2.84. The summed E-state index contributed by atoms with van der Waals surface area (Å²) in [5.74, 6) is -2.93. The van der Waals surface area contributed by atoms with Crippen molar-refractivity contribution >= 4 is 23.3 Å². The number of hydrogen-bond donors (Lipinski definition) is 2. The van der Waals surface area contributed by atoms with Crippen LogP contribution in [-0.2, 0) is 9.59 Å². The van der Waals surface area contributed by atoms with E-state index in [-0.39, 0.29) is 28.2 Å². The number of hydrogen-bond acceptors (Lipinski definition) is 3. The summed E-state index contributed by atoms with van der Waals surface area (Å²) in [5, 5.41) is 11.0. The van der Waals surface area contributed by atoms with Crippen LogP contribution in [0.3, 0.4) is 0 Å². The van der Waals surface area contributed by atoms with Crippen LogP contribution in [0.4, 0.5) is 10.1 Å². The van der Waals surface area contributed by atoms with Gasteiger partial charge in [-0.05, 0) is 39.0 Å². The molecule has 0 heterocycles. The Balaban J connectivity index is 3.08. The van der Waals surface area contributed by atoms with Crippen molar-refractivity contribution < 1.29 is 23.9 Å². The van der Waals surface area contributed by atoms with Crippen LogP contribution in [-0.4, -0.2) is 22.8 Å². The molecule has 0 aromatic heterocycles. The van der Waals surface area contributed by atoms with Crippen molar-refractivity contribution in [1.82, 2.24) is 0 Å². The molecule has 0 saturated heterocycles. The Morgan fingerprint density at radius 3 is 2.20 bits per heavy atom. The fraction of sp³-hybridized carbons (Fsp3) is 0.214. The van der Waals surface area contributed by atoms with Gasteiger partial charge in [-0.25, -0.2) is 9.18 Å². The molecule has 20 heavy (non-hydrogen) atoms. The number of nitrogens with one attached hydrogen (secondary N) is 1. The number of aliphatic carboxylic acids is 1. The van der Waals surface area contributed by atoms with Crippen LogP contribution in [0, 0.1) is 5.82 Å². The summed E-state index contributed by atoms with van der Waals surface area (Å²) in [6.07, 6.45) is 0. The second-order valence-corrected chi connectivity index (χ2v) is 4.26. The van der Waals surface area contributed by atoms with Crippen LogP contribution in [0.15, 0.2) is 29.3 Å². The van der Waals surface area contributed by atoms with Gasteiger partial charge in [-0.1, -0.05) is 0 Å². The maximum Gasteiger partial charge on any atom is 0.331 e. The molecule has 1 amide bonds. The predicted molar refractivity (Wildman–Crippen MR) is 71.0 cm³/mol. The minimum Gasteiger partial charge on any atom is -0.478 e. The number of carbonyl (C=O) groups excluding carboxylic acids is 2. The topological polar surface area (TPSA) is 83.5 Å². The molecule has 0 aliphatic carbocycles. The molecule has 106 valence electrons. The number of carboxylic acid groups (broad SMARTS) is 1. The quantitative estimate of drug-likeness (QED) is 0.654. The van der Waals surface area contributed by atoms with Crippen LogP contribution >= 0.6 is 0 Å². The minimum atomic E-state index is -1.23. The van der Waals surface area contributed by atoms with E-state index in [1.54, 1.807) is 0 Å². The van der Waals surface area contributed by atoms with Crippen molar-refractivity contribution in [3.63, 3.8) is 0 Å². The maximum atomic E-state index is 13.6. The lowest BCUT2D eigenvalue weighted by Crippen LogP contribution is -2.17. The zero-order valence-electron chi connectivity index (χ0n) is 11.3. The normalized spacial score (nSPS) is 11.6. The van der Waals surface area contributed by atoms with Gasteiger partial charge in [-0.15, -0.1) is 0 Å². The van der Waals surface area contributed by atoms with Gasteiger partial charge in [-0.2, -0.15) is 0 Å². The minimum absolute atomic E-state index is 0.0369. The van der Waals surface area contributed by atoms with Crippen LogP contribution in [0.25, 0.3) is 0 Å².